The topological polar surface area (TPSA) is 57.7 Å². The second kappa shape index (κ2) is 7.35. The van der Waals surface area contributed by atoms with E-state index in [0.29, 0.717) is 17.1 Å². The number of carbonyl (C=O) groups is 1. The van der Waals surface area contributed by atoms with Crippen LogP contribution in [0.5, 0.6) is 11.5 Å². The number of benzene rings is 2. The standard InChI is InChI=1S/C23H21NO4/c1-26-19-11-8-14(13-20(19)27-2)12-15-9-10-17-21(23(25)28-3)16-6-4-5-7-18(16)24-22(15)17/h4-8,11-13H,9-10H2,1-3H3/b15-12-. The highest BCUT2D eigenvalue weighted by atomic mass is 16.5. The van der Waals surface area contributed by atoms with Crippen molar-refractivity contribution in [2.45, 2.75) is 12.8 Å². The normalized spacial score (nSPS) is 14.2. The van der Waals surface area contributed by atoms with Crippen LogP contribution in [0.15, 0.2) is 42.5 Å². The predicted octanol–water partition coefficient (Wildman–Crippen LogP) is 4.53. The van der Waals surface area contributed by atoms with Crippen LogP contribution < -0.4 is 9.47 Å². The minimum Gasteiger partial charge on any atom is -0.493 e. The number of allylic oxidation sites excluding steroid dienone is 1. The molecule has 142 valence electrons. The first-order valence-electron chi connectivity index (χ1n) is 9.09. The first-order chi connectivity index (χ1) is 13.7. The Morgan fingerprint density at radius 1 is 1.00 bits per heavy atom. The maximum Gasteiger partial charge on any atom is 0.338 e. The summed E-state index contributed by atoms with van der Waals surface area (Å²) >= 11 is 0. The van der Waals surface area contributed by atoms with Crippen molar-refractivity contribution in [2.24, 2.45) is 0 Å². The number of esters is 1. The van der Waals surface area contributed by atoms with E-state index < -0.39 is 0 Å². The molecule has 0 aliphatic heterocycles. The summed E-state index contributed by atoms with van der Waals surface area (Å²) in [6.45, 7) is 0. The molecule has 1 heterocycles. The summed E-state index contributed by atoms with van der Waals surface area (Å²) in [7, 11) is 4.65. The number of rotatable bonds is 4. The third-order valence-corrected chi connectivity index (χ3v) is 5.08. The van der Waals surface area contributed by atoms with Gasteiger partial charge in [-0.1, -0.05) is 24.3 Å². The minimum absolute atomic E-state index is 0.317. The molecular formula is C23H21NO4. The number of methoxy groups -OCH3 is 3. The second-order valence-electron chi connectivity index (χ2n) is 6.61. The Bertz CT molecular complexity index is 1100. The number of ether oxygens (including phenoxy) is 3. The zero-order valence-electron chi connectivity index (χ0n) is 16.1. The van der Waals surface area contributed by atoms with Gasteiger partial charge in [0, 0.05) is 5.39 Å². The van der Waals surface area contributed by atoms with Gasteiger partial charge in [0.05, 0.1) is 38.1 Å². The number of nitrogens with zero attached hydrogens (tertiary/aromatic N) is 1. The molecule has 0 saturated heterocycles. The van der Waals surface area contributed by atoms with Crippen LogP contribution in [-0.4, -0.2) is 32.3 Å². The molecule has 0 saturated carbocycles. The molecule has 5 heteroatoms. The highest BCUT2D eigenvalue weighted by molar-refractivity contribution is 6.07. The van der Waals surface area contributed by atoms with Crippen LogP contribution in [-0.2, 0) is 11.2 Å². The van der Waals surface area contributed by atoms with Crippen molar-refractivity contribution in [2.75, 3.05) is 21.3 Å². The van der Waals surface area contributed by atoms with Crippen LogP contribution in [0.4, 0.5) is 0 Å². The van der Waals surface area contributed by atoms with Gasteiger partial charge in [-0.2, -0.15) is 0 Å². The van der Waals surface area contributed by atoms with Gasteiger partial charge < -0.3 is 14.2 Å². The maximum atomic E-state index is 12.5. The fourth-order valence-corrected chi connectivity index (χ4v) is 3.76. The van der Waals surface area contributed by atoms with Gasteiger partial charge in [-0.15, -0.1) is 0 Å². The zero-order valence-corrected chi connectivity index (χ0v) is 16.1. The highest BCUT2D eigenvalue weighted by Crippen LogP contribution is 2.38. The lowest BCUT2D eigenvalue weighted by Gasteiger charge is -2.11. The molecule has 0 N–H and O–H groups in total. The Morgan fingerprint density at radius 2 is 1.79 bits per heavy atom. The summed E-state index contributed by atoms with van der Waals surface area (Å²) in [5.41, 5.74) is 5.33. The van der Waals surface area contributed by atoms with E-state index in [9.17, 15) is 4.79 Å². The molecule has 28 heavy (non-hydrogen) atoms. The molecule has 1 aliphatic carbocycles. The molecule has 2 aromatic carbocycles. The molecule has 0 fully saturated rings. The predicted molar refractivity (Wildman–Crippen MR) is 109 cm³/mol. The number of pyridine rings is 1. The van der Waals surface area contributed by atoms with Gasteiger partial charge >= 0.3 is 5.97 Å². The Labute approximate surface area is 163 Å². The molecule has 0 bridgehead atoms. The van der Waals surface area contributed by atoms with Gasteiger partial charge in [-0.25, -0.2) is 9.78 Å². The van der Waals surface area contributed by atoms with Gasteiger partial charge in [0.2, 0.25) is 0 Å². The van der Waals surface area contributed by atoms with Gasteiger partial charge in [-0.3, -0.25) is 0 Å². The van der Waals surface area contributed by atoms with E-state index >= 15 is 0 Å². The van der Waals surface area contributed by atoms with Crippen molar-refractivity contribution in [3.8, 4) is 11.5 Å². The molecule has 5 nitrogen and oxygen atoms in total. The lowest BCUT2D eigenvalue weighted by Crippen LogP contribution is -2.08. The zero-order chi connectivity index (χ0) is 19.7. The summed E-state index contributed by atoms with van der Waals surface area (Å²) < 4.78 is 15.8. The first kappa shape index (κ1) is 18.0. The minimum atomic E-state index is -0.317. The third kappa shape index (κ3) is 2.99. The van der Waals surface area contributed by atoms with Crippen LogP contribution in [0.25, 0.3) is 22.6 Å². The molecule has 0 atom stereocenters. The van der Waals surface area contributed by atoms with Crippen molar-refractivity contribution < 1.29 is 19.0 Å². The summed E-state index contributed by atoms with van der Waals surface area (Å²) in [6, 6.07) is 13.5. The van der Waals surface area contributed by atoms with Gasteiger partial charge in [0.15, 0.2) is 11.5 Å². The largest absolute Gasteiger partial charge is 0.493 e. The molecular weight excluding hydrogens is 354 g/mol. The lowest BCUT2D eigenvalue weighted by atomic mass is 10.0. The monoisotopic (exact) mass is 375 g/mol. The number of hydrogen-bond acceptors (Lipinski definition) is 5. The number of carbonyl (C=O) groups excluding carboxylic acids is 1. The van der Waals surface area contributed by atoms with Crippen LogP contribution in [0.3, 0.4) is 0 Å². The molecule has 0 amide bonds. The average Bonchev–Trinajstić information content (AvgIpc) is 3.13. The Hall–Kier alpha value is -3.34. The fourth-order valence-electron chi connectivity index (χ4n) is 3.76. The summed E-state index contributed by atoms with van der Waals surface area (Å²) in [6.07, 6.45) is 3.67. The van der Waals surface area contributed by atoms with Gasteiger partial charge in [0.25, 0.3) is 0 Å². The molecule has 0 radical (unpaired) electrons. The fraction of sp³-hybridized carbons (Fsp3) is 0.217. The van der Waals surface area contributed by atoms with E-state index in [1.165, 1.54) is 7.11 Å². The highest BCUT2D eigenvalue weighted by Gasteiger charge is 2.27. The molecule has 0 unspecified atom stereocenters. The third-order valence-electron chi connectivity index (χ3n) is 5.08. The van der Waals surface area contributed by atoms with Crippen LogP contribution in [0.1, 0.15) is 33.6 Å². The number of fused-ring (bicyclic) bond motifs is 2. The van der Waals surface area contributed by atoms with E-state index in [2.05, 4.69) is 6.08 Å². The molecule has 3 aromatic rings. The lowest BCUT2D eigenvalue weighted by molar-refractivity contribution is 0.0602. The number of aromatic nitrogens is 1. The molecule has 4 rings (SSSR count). The average molecular weight is 375 g/mol. The van der Waals surface area contributed by atoms with Crippen LogP contribution in [0, 0.1) is 0 Å². The van der Waals surface area contributed by atoms with E-state index in [0.717, 1.165) is 46.1 Å². The first-order valence-corrected chi connectivity index (χ1v) is 9.09. The smallest absolute Gasteiger partial charge is 0.338 e. The van der Waals surface area contributed by atoms with E-state index in [1.54, 1.807) is 14.2 Å². The van der Waals surface area contributed by atoms with Crippen molar-refractivity contribution in [1.82, 2.24) is 4.98 Å². The van der Waals surface area contributed by atoms with Gasteiger partial charge in [-0.05, 0) is 53.8 Å². The summed E-state index contributed by atoms with van der Waals surface area (Å²) in [4.78, 5) is 17.4. The SMILES string of the molecule is COC(=O)c1c2c(nc3ccccc13)/C(=C\c1ccc(OC)c(OC)c1)CC2. The molecule has 0 spiro atoms. The Morgan fingerprint density at radius 3 is 2.54 bits per heavy atom. The van der Waals surface area contributed by atoms with Crippen molar-refractivity contribution in [3.05, 3.63) is 64.8 Å². The van der Waals surface area contributed by atoms with Crippen LogP contribution >= 0.6 is 0 Å². The quantitative estimate of drug-likeness (QED) is 0.627. The Balaban J connectivity index is 1.87. The molecule has 1 aromatic heterocycles. The van der Waals surface area contributed by atoms with Crippen LogP contribution in [0.2, 0.25) is 0 Å². The number of hydrogen-bond donors (Lipinski definition) is 0. The second-order valence-corrected chi connectivity index (χ2v) is 6.61. The van der Waals surface area contributed by atoms with Crippen molar-refractivity contribution in [1.29, 1.82) is 0 Å². The molecule has 1 aliphatic rings. The summed E-state index contributed by atoms with van der Waals surface area (Å²) in [5.74, 6) is 1.05. The van der Waals surface area contributed by atoms with E-state index in [1.807, 2.05) is 42.5 Å². The van der Waals surface area contributed by atoms with Gasteiger partial charge in [0.1, 0.15) is 0 Å². The maximum absolute atomic E-state index is 12.5. The van der Waals surface area contributed by atoms with E-state index in [4.69, 9.17) is 19.2 Å². The number of para-hydroxylation sites is 1. The van der Waals surface area contributed by atoms with E-state index in [-0.39, 0.29) is 5.97 Å². The van der Waals surface area contributed by atoms with Crippen molar-refractivity contribution in [3.63, 3.8) is 0 Å². The van der Waals surface area contributed by atoms with Crippen molar-refractivity contribution >= 4 is 28.5 Å². The Kier molecular flexibility index (Phi) is 4.74. The summed E-state index contributed by atoms with van der Waals surface area (Å²) in [5, 5.41) is 0.834.